The van der Waals surface area contributed by atoms with Gasteiger partial charge < -0.3 is 31.8 Å². The Hall–Kier alpha value is -4.76. The minimum absolute atomic E-state index is 0.0464. The lowest BCUT2D eigenvalue weighted by molar-refractivity contribution is -0.155. The monoisotopic (exact) mass is 609 g/mol. The first-order valence-electron chi connectivity index (χ1n) is 14.1. The number of aryl methyl sites for hydroxylation is 2. The second-order valence-electron chi connectivity index (χ2n) is 10.7. The van der Waals surface area contributed by atoms with Crippen molar-refractivity contribution in [1.82, 2.24) is 25.1 Å². The average Bonchev–Trinajstić information content (AvgIpc) is 3.61. The number of amides is 4. The minimum atomic E-state index is -1.54. The van der Waals surface area contributed by atoms with Gasteiger partial charge in [-0.05, 0) is 26.3 Å². The van der Waals surface area contributed by atoms with Gasteiger partial charge in [0.05, 0.1) is 30.6 Å². The van der Waals surface area contributed by atoms with Crippen LogP contribution in [0.5, 0.6) is 0 Å². The van der Waals surface area contributed by atoms with Gasteiger partial charge in [-0.2, -0.15) is 0 Å². The highest BCUT2D eigenvalue weighted by Gasteiger charge is 2.40. The van der Waals surface area contributed by atoms with E-state index in [2.05, 4.69) is 25.6 Å². The number of benzene rings is 1. The van der Waals surface area contributed by atoms with Crippen molar-refractivity contribution in [2.75, 3.05) is 6.54 Å². The van der Waals surface area contributed by atoms with Gasteiger partial charge in [0.2, 0.25) is 17.7 Å². The highest BCUT2D eigenvalue weighted by Crippen LogP contribution is 2.16. The molecule has 0 saturated carbocycles. The predicted octanol–water partition coefficient (Wildman–Crippen LogP) is -1.14. The third kappa shape index (κ3) is 8.64. The average molecular weight is 610 g/mol. The molecule has 0 aliphatic carbocycles. The molecule has 0 bridgehead atoms. The van der Waals surface area contributed by atoms with Crippen molar-refractivity contribution in [3.05, 3.63) is 53.6 Å². The van der Waals surface area contributed by atoms with Crippen molar-refractivity contribution in [2.45, 2.75) is 70.2 Å². The summed E-state index contributed by atoms with van der Waals surface area (Å²) in [7, 11) is 1.68. The number of imidazole rings is 1. The lowest BCUT2D eigenvalue weighted by Crippen LogP contribution is -2.62. The smallest absolute Gasteiger partial charge is 0.326 e. The van der Waals surface area contributed by atoms with Crippen molar-refractivity contribution < 1.29 is 29.1 Å². The number of carboxylic acid groups (broad SMARTS) is 1. The van der Waals surface area contributed by atoms with Gasteiger partial charge in [0, 0.05) is 37.7 Å². The molecule has 1 aliphatic heterocycles. The predicted molar refractivity (Wildman–Crippen MR) is 162 cm³/mol. The standard InChI is InChI=1S/C29H39N9O6/c1-16(30)27(41)38(28(42)18(3)35-25(39)21(31)11-20-13-32-14-33-20)24(12-23-17(2)34-15-37(23)4)26(40)36-22(29(43)44)10-19-8-6-5-7-9-19/h5-9,14-16,18,21-22,24H,10-13,30-31H2,1-4H3,(H,35,39)(H,36,40)(H,43,44)/t16-,18-,21-,22-,24-/m0/s1. The summed E-state index contributed by atoms with van der Waals surface area (Å²) in [5, 5.41) is 14.9. The summed E-state index contributed by atoms with van der Waals surface area (Å²) in [6, 6.07) is 2.21. The molecule has 15 heteroatoms. The Balaban J connectivity index is 1.93. The molecule has 1 aromatic heterocycles. The number of nitrogens with zero attached hydrogens (tertiary/aromatic N) is 5. The van der Waals surface area contributed by atoms with Gasteiger partial charge in [-0.15, -0.1) is 0 Å². The Bertz CT molecular complexity index is 1420. The second-order valence-corrected chi connectivity index (χ2v) is 10.7. The van der Waals surface area contributed by atoms with E-state index in [1.54, 1.807) is 48.9 Å². The molecule has 0 saturated heterocycles. The van der Waals surface area contributed by atoms with Crippen molar-refractivity contribution in [1.29, 1.82) is 0 Å². The first-order chi connectivity index (χ1) is 20.8. The van der Waals surface area contributed by atoms with Crippen molar-refractivity contribution in [2.24, 2.45) is 28.5 Å². The van der Waals surface area contributed by atoms with Gasteiger partial charge in [0.15, 0.2) is 0 Å². The van der Waals surface area contributed by atoms with Gasteiger partial charge in [0.1, 0.15) is 24.5 Å². The summed E-state index contributed by atoms with van der Waals surface area (Å²) in [5.74, 6) is -4.70. The molecule has 1 aromatic carbocycles. The number of nitrogens with two attached hydrogens (primary N) is 2. The summed E-state index contributed by atoms with van der Waals surface area (Å²) in [6.45, 7) is 4.72. The lowest BCUT2D eigenvalue weighted by Gasteiger charge is -2.33. The number of aliphatic carboxylic acids is 1. The molecule has 0 fully saturated rings. The van der Waals surface area contributed by atoms with Gasteiger partial charge >= 0.3 is 5.97 Å². The maximum absolute atomic E-state index is 13.9. The molecular formula is C29H39N9O6. The Kier molecular flexibility index (Phi) is 11.6. The molecule has 0 radical (unpaired) electrons. The van der Waals surface area contributed by atoms with E-state index in [0.29, 0.717) is 34.1 Å². The molecule has 3 rings (SSSR count). The zero-order chi connectivity index (χ0) is 32.6. The summed E-state index contributed by atoms with van der Waals surface area (Å²) in [5.41, 5.74) is 14.3. The highest BCUT2D eigenvalue weighted by molar-refractivity contribution is 6.05. The molecule has 7 N–H and O–H groups in total. The van der Waals surface area contributed by atoms with E-state index >= 15 is 0 Å². The van der Waals surface area contributed by atoms with Crippen LogP contribution in [-0.4, -0.2) is 98.0 Å². The van der Waals surface area contributed by atoms with Crippen molar-refractivity contribution in [3.8, 4) is 0 Å². The fourth-order valence-corrected chi connectivity index (χ4v) is 4.67. The van der Waals surface area contributed by atoms with Crippen LogP contribution in [0.25, 0.3) is 0 Å². The number of rotatable bonds is 14. The van der Waals surface area contributed by atoms with Crippen LogP contribution in [0.4, 0.5) is 0 Å². The Morgan fingerprint density at radius 2 is 1.68 bits per heavy atom. The van der Waals surface area contributed by atoms with Gasteiger partial charge in [-0.3, -0.25) is 29.1 Å². The fourth-order valence-electron chi connectivity index (χ4n) is 4.67. The number of carboxylic acids is 1. The summed E-state index contributed by atoms with van der Waals surface area (Å²) in [6.07, 6.45) is 2.75. The number of aliphatic imine (C=N–C) groups is 2. The number of imide groups is 1. The maximum atomic E-state index is 13.9. The Morgan fingerprint density at radius 3 is 2.23 bits per heavy atom. The van der Waals surface area contributed by atoms with E-state index < -0.39 is 59.8 Å². The van der Waals surface area contributed by atoms with Crippen molar-refractivity contribution >= 4 is 41.6 Å². The van der Waals surface area contributed by atoms with Crippen molar-refractivity contribution in [3.63, 3.8) is 0 Å². The number of hydrogen-bond donors (Lipinski definition) is 5. The number of carbonyl (C=O) groups excluding carboxylic acids is 4. The topological polar surface area (TPSA) is 227 Å². The zero-order valence-electron chi connectivity index (χ0n) is 25.1. The van der Waals surface area contributed by atoms with Crippen LogP contribution >= 0.6 is 0 Å². The number of hydrogen-bond acceptors (Lipinski definition) is 10. The molecule has 1 aliphatic rings. The Morgan fingerprint density at radius 1 is 1.00 bits per heavy atom. The zero-order valence-corrected chi connectivity index (χ0v) is 25.1. The third-order valence-electron chi connectivity index (χ3n) is 7.15. The Labute approximate surface area is 254 Å². The fraction of sp³-hybridized carbons (Fsp3) is 0.448. The quantitative estimate of drug-likeness (QED) is 0.174. The second kappa shape index (κ2) is 15.1. The molecule has 44 heavy (non-hydrogen) atoms. The number of aromatic nitrogens is 2. The van der Waals surface area contributed by atoms with Crippen LogP contribution < -0.4 is 22.1 Å². The largest absolute Gasteiger partial charge is 0.480 e. The SMILES string of the molecule is Cc1ncn(C)c1C[C@@H](C(=O)N[C@@H](Cc1ccccc1)C(=O)O)N(C(=O)[C@H](C)N)C(=O)[C@H](C)NC(=O)[C@@H](N)CC1=NC=NC1. The molecule has 0 spiro atoms. The molecule has 15 nitrogen and oxygen atoms in total. The van der Waals surface area contributed by atoms with E-state index in [1.165, 1.54) is 26.5 Å². The van der Waals surface area contributed by atoms with E-state index in [1.807, 2.05) is 0 Å². The van der Waals surface area contributed by atoms with Crippen LogP contribution in [0.1, 0.15) is 37.2 Å². The molecule has 5 atom stereocenters. The highest BCUT2D eigenvalue weighted by atomic mass is 16.4. The van der Waals surface area contributed by atoms with Crippen LogP contribution in [0.15, 0.2) is 46.6 Å². The van der Waals surface area contributed by atoms with E-state index in [9.17, 15) is 29.1 Å². The van der Waals surface area contributed by atoms with Crippen LogP contribution in [0.3, 0.4) is 0 Å². The van der Waals surface area contributed by atoms with Gasteiger partial charge in [0.25, 0.3) is 5.91 Å². The normalized spacial score (nSPS) is 15.8. The summed E-state index contributed by atoms with van der Waals surface area (Å²) in [4.78, 5) is 79.2. The molecule has 2 heterocycles. The van der Waals surface area contributed by atoms with E-state index in [-0.39, 0.29) is 19.3 Å². The molecule has 236 valence electrons. The molecular weight excluding hydrogens is 570 g/mol. The van der Waals surface area contributed by atoms with Crippen LogP contribution in [-0.2, 0) is 43.9 Å². The van der Waals surface area contributed by atoms with E-state index in [4.69, 9.17) is 11.5 Å². The lowest BCUT2D eigenvalue weighted by atomic mass is 10.0. The maximum Gasteiger partial charge on any atom is 0.326 e. The number of carbonyl (C=O) groups is 5. The summed E-state index contributed by atoms with van der Waals surface area (Å²) >= 11 is 0. The van der Waals surface area contributed by atoms with Gasteiger partial charge in [-0.25, -0.2) is 14.8 Å². The third-order valence-corrected chi connectivity index (χ3v) is 7.15. The molecule has 2 aromatic rings. The van der Waals surface area contributed by atoms with Gasteiger partial charge in [-0.1, -0.05) is 30.3 Å². The first-order valence-corrected chi connectivity index (χ1v) is 14.1. The van der Waals surface area contributed by atoms with Crippen LogP contribution in [0, 0.1) is 6.92 Å². The minimum Gasteiger partial charge on any atom is -0.480 e. The van der Waals surface area contributed by atoms with E-state index in [0.717, 1.165) is 0 Å². The first kappa shape index (κ1) is 33.7. The molecule has 4 amide bonds. The summed E-state index contributed by atoms with van der Waals surface area (Å²) < 4.78 is 1.63. The van der Waals surface area contributed by atoms with Crippen LogP contribution in [0.2, 0.25) is 0 Å². The number of nitrogens with one attached hydrogen (secondary N) is 2. The molecule has 0 unspecified atom stereocenters.